The van der Waals surface area contributed by atoms with Crippen LogP contribution in [0.1, 0.15) is 76.0 Å². The number of ether oxygens (including phenoxy) is 1. The summed E-state index contributed by atoms with van der Waals surface area (Å²) in [6.07, 6.45) is 3.79. The number of nitrogens with zero attached hydrogens (tertiary/aromatic N) is 2. The normalized spacial score (nSPS) is 22.6. The molecule has 1 saturated carbocycles. The van der Waals surface area contributed by atoms with Crippen LogP contribution in [0.3, 0.4) is 0 Å². The number of carbonyl (C=O) groups is 1. The Labute approximate surface area is 144 Å². The van der Waals surface area contributed by atoms with E-state index >= 15 is 0 Å². The summed E-state index contributed by atoms with van der Waals surface area (Å²) in [5.41, 5.74) is 0.767. The van der Waals surface area contributed by atoms with Gasteiger partial charge >= 0.3 is 0 Å². The SMILES string of the molecule is Cc1nc(COC(C)(C)C)oc1C(=O)N1CC2(CCC2)C1C(C)C. The summed E-state index contributed by atoms with van der Waals surface area (Å²) in [6.45, 7) is 13.4. The number of carbonyl (C=O) groups excluding carboxylic acids is 1. The topological polar surface area (TPSA) is 55.6 Å². The first-order valence-corrected chi connectivity index (χ1v) is 9.04. The number of hydrogen-bond acceptors (Lipinski definition) is 4. The number of amides is 1. The highest BCUT2D eigenvalue weighted by molar-refractivity contribution is 5.93. The maximum atomic E-state index is 13.0. The standard InChI is InChI=1S/C19H30N2O3/c1-12(2)16-19(8-7-9-19)11-21(16)17(22)15-13(3)20-14(24-15)10-23-18(4,5)6/h12,16H,7-11H2,1-6H3. The lowest BCUT2D eigenvalue weighted by molar-refractivity contribution is -0.121. The van der Waals surface area contributed by atoms with Gasteiger partial charge in [-0.2, -0.15) is 0 Å². The third-order valence-electron chi connectivity index (χ3n) is 5.35. The molecular formula is C19H30N2O3. The summed E-state index contributed by atoms with van der Waals surface area (Å²) in [5, 5.41) is 0. The van der Waals surface area contributed by atoms with Gasteiger partial charge in [-0.05, 0) is 46.5 Å². The van der Waals surface area contributed by atoms with Crippen LogP contribution in [0.2, 0.25) is 0 Å². The molecule has 1 aliphatic heterocycles. The Hall–Kier alpha value is -1.36. The van der Waals surface area contributed by atoms with E-state index in [9.17, 15) is 4.79 Å². The zero-order chi connectivity index (χ0) is 17.7. The van der Waals surface area contributed by atoms with E-state index in [2.05, 4.69) is 18.8 Å². The maximum Gasteiger partial charge on any atom is 0.291 e. The van der Waals surface area contributed by atoms with E-state index in [1.54, 1.807) is 0 Å². The molecule has 1 aliphatic carbocycles. The van der Waals surface area contributed by atoms with Crippen molar-refractivity contribution in [2.45, 2.75) is 79.1 Å². The van der Waals surface area contributed by atoms with Crippen molar-refractivity contribution in [3.05, 3.63) is 17.3 Å². The lowest BCUT2D eigenvalue weighted by Gasteiger charge is -2.63. The van der Waals surface area contributed by atoms with E-state index in [0.29, 0.717) is 34.7 Å². The Kier molecular flexibility index (Phi) is 4.27. The summed E-state index contributed by atoms with van der Waals surface area (Å²) < 4.78 is 11.5. The molecule has 1 aromatic heterocycles. The van der Waals surface area contributed by atoms with Gasteiger partial charge in [-0.15, -0.1) is 0 Å². The molecule has 5 nitrogen and oxygen atoms in total. The van der Waals surface area contributed by atoms with Crippen LogP contribution in [0.4, 0.5) is 0 Å². The van der Waals surface area contributed by atoms with E-state index < -0.39 is 0 Å². The van der Waals surface area contributed by atoms with Gasteiger partial charge in [0.15, 0.2) is 0 Å². The van der Waals surface area contributed by atoms with E-state index in [-0.39, 0.29) is 18.1 Å². The van der Waals surface area contributed by atoms with Gasteiger partial charge in [0.1, 0.15) is 6.61 Å². The summed E-state index contributed by atoms with van der Waals surface area (Å²) in [5.74, 6) is 1.31. The van der Waals surface area contributed by atoms with Crippen molar-refractivity contribution >= 4 is 5.91 Å². The molecule has 5 heteroatoms. The molecule has 2 heterocycles. The molecule has 1 spiro atoms. The van der Waals surface area contributed by atoms with Crippen molar-refractivity contribution in [3.8, 4) is 0 Å². The van der Waals surface area contributed by atoms with Crippen LogP contribution in [0.25, 0.3) is 0 Å². The molecule has 1 unspecified atom stereocenters. The third-order valence-corrected chi connectivity index (χ3v) is 5.35. The molecule has 0 N–H and O–H groups in total. The van der Waals surface area contributed by atoms with Crippen LogP contribution >= 0.6 is 0 Å². The zero-order valence-electron chi connectivity index (χ0n) is 15.8. The van der Waals surface area contributed by atoms with Crippen molar-refractivity contribution in [2.24, 2.45) is 11.3 Å². The van der Waals surface area contributed by atoms with E-state index in [0.717, 1.165) is 6.54 Å². The largest absolute Gasteiger partial charge is 0.433 e. The average molecular weight is 334 g/mol. The Morgan fingerprint density at radius 1 is 1.42 bits per heavy atom. The van der Waals surface area contributed by atoms with E-state index in [1.165, 1.54) is 19.3 Å². The zero-order valence-corrected chi connectivity index (χ0v) is 15.8. The van der Waals surface area contributed by atoms with Crippen molar-refractivity contribution in [1.29, 1.82) is 0 Å². The van der Waals surface area contributed by atoms with Crippen molar-refractivity contribution in [3.63, 3.8) is 0 Å². The van der Waals surface area contributed by atoms with Gasteiger partial charge in [-0.3, -0.25) is 4.79 Å². The number of aryl methyl sites for hydroxylation is 1. The smallest absolute Gasteiger partial charge is 0.291 e. The third kappa shape index (κ3) is 2.99. The second-order valence-electron chi connectivity index (χ2n) is 8.76. The summed E-state index contributed by atoms with van der Waals surface area (Å²) in [6, 6.07) is 0.331. The minimum atomic E-state index is -0.261. The Bertz CT molecular complexity index is 623. The van der Waals surface area contributed by atoms with Crippen molar-refractivity contribution < 1.29 is 13.9 Å². The van der Waals surface area contributed by atoms with Crippen molar-refractivity contribution in [2.75, 3.05) is 6.54 Å². The summed E-state index contributed by atoms with van der Waals surface area (Å²) >= 11 is 0. The lowest BCUT2D eigenvalue weighted by atomic mass is 9.55. The molecule has 1 atom stereocenters. The Morgan fingerprint density at radius 3 is 2.58 bits per heavy atom. The molecule has 2 aliphatic rings. The second kappa shape index (κ2) is 5.87. The van der Waals surface area contributed by atoms with E-state index in [1.807, 2.05) is 32.6 Å². The highest BCUT2D eigenvalue weighted by Gasteiger charge is 2.58. The number of likely N-dealkylation sites (tertiary alicyclic amines) is 1. The minimum Gasteiger partial charge on any atom is -0.433 e. The Morgan fingerprint density at radius 2 is 2.08 bits per heavy atom. The van der Waals surface area contributed by atoms with Crippen LogP contribution in [-0.4, -0.2) is 34.0 Å². The lowest BCUT2D eigenvalue weighted by Crippen LogP contribution is -2.70. The van der Waals surface area contributed by atoms with Crippen LogP contribution < -0.4 is 0 Å². The molecule has 1 amide bonds. The number of rotatable bonds is 4. The number of oxazole rings is 1. The fourth-order valence-corrected chi connectivity index (χ4v) is 4.22. The fourth-order valence-electron chi connectivity index (χ4n) is 4.22. The molecule has 24 heavy (non-hydrogen) atoms. The van der Waals surface area contributed by atoms with Crippen LogP contribution in [0, 0.1) is 18.3 Å². The van der Waals surface area contributed by atoms with E-state index in [4.69, 9.17) is 9.15 Å². The first-order chi connectivity index (χ1) is 11.1. The summed E-state index contributed by atoms with van der Waals surface area (Å²) in [7, 11) is 0. The monoisotopic (exact) mass is 334 g/mol. The second-order valence-corrected chi connectivity index (χ2v) is 8.76. The van der Waals surface area contributed by atoms with Gasteiger partial charge in [0, 0.05) is 18.0 Å². The van der Waals surface area contributed by atoms with Crippen LogP contribution in [-0.2, 0) is 11.3 Å². The molecule has 1 aromatic rings. The molecular weight excluding hydrogens is 304 g/mol. The first kappa shape index (κ1) is 17.5. The molecule has 0 bridgehead atoms. The molecule has 0 aromatic carbocycles. The highest BCUT2D eigenvalue weighted by atomic mass is 16.5. The summed E-state index contributed by atoms with van der Waals surface area (Å²) in [4.78, 5) is 19.3. The maximum absolute atomic E-state index is 13.0. The predicted octanol–water partition coefficient (Wildman–Crippen LogP) is 3.95. The molecule has 2 fully saturated rings. The molecule has 0 radical (unpaired) electrons. The van der Waals surface area contributed by atoms with Gasteiger partial charge in [0.2, 0.25) is 11.7 Å². The average Bonchev–Trinajstić information content (AvgIpc) is 2.73. The molecule has 3 rings (SSSR count). The van der Waals surface area contributed by atoms with Crippen LogP contribution in [0.15, 0.2) is 4.42 Å². The predicted molar refractivity (Wildman–Crippen MR) is 91.7 cm³/mol. The first-order valence-electron chi connectivity index (χ1n) is 9.04. The Balaban J connectivity index is 1.72. The van der Waals surface area contributed by atoms with Crippen molar-refractivity contribution in [1.82, 2.24) is 9.88 Å². The fraction of sp³-hybridized carbons (Fsp3) is 0.789. The molecule has 134 valence electrons. The molecule has 1 saturated heterocycles. The van der Waals surface area contributed by atoms with Gasteiger partial charge in [0.05, 0.1) is 11.3 Å². The van der Waals surface area contributed by atoms with Gasteiger partial charge in [-0.1, -0.05) is 20.3 Å². The number of hydrogen-bond donors (Lipinski definition) is 0. The quantitative estimate of drug-likeness (QED) is 0.836. The van der Waals surface area contributed by atoms with Gasteiger partial charge in [0.25, 0.3) is 5.91 Å². The minimum absolute atomic E-state index is 0.0155. The van der Waals surface area contributed by atoms with Gasteiger partial charge < -0.3 is 14.1 Å². The number of aromatic nitrogens is 1. The van der Waals surface area contributed by atoms with Crippen LogP contribution in [0.5, 0.6) is 0 Å². The highest BCUT2D eigenvalue weighted by Crippen LogP contribution is 2.55. The van der Waals surface area contributed by atoms with Gasteiger partial charge in [-0.25, -0.2) is 4.98 Å².